The summed E-state index contributed by atoms with van der Waals surface area (Å²) in [6, 6.07) is 57.0. The fraction of sp³-hybridized carbons (Fsp3) is 0. The largest absolute Gasteiger partial charge is 0.452 e. The van der Waals surface area contributed by atoms with E-state index in [0.29, 0.717) is 0 Å². The second-order valence-electron chi connectivity index (χ2n) is 11.5. The Morgan fingerprint density at radius 3 is 2.00 bits per heavy atom. The topological polar surface area (TPSA) is 38.2 Å². The molecule has 0 saturated heterocycles. The second kappa shape index (κ2) is 11.4. The normalized spacial score (nSPS) is 12.0. The standard InChI is InChI=1S/C42H27N3OS/c1-2-10-29(11-3-1)36-16-9-18-38-40(36)46-39-19-7-6-17-37(39)45(38)33-26-24-32(25-27-33)42-43-41(44-47-42)31-22-20-30(21-23-31)35-15-8-13-28-12-4-5-14-34(28)35/h1-27H. The fourth-order valence-electron chi connectivity index (χ4n) is 6.39. The maximum Gasteiger partial charge on any atom is 0.173 e. The van der Waals surface area contributed by atoms with Crippen molar-refractivity contribution in [1.29, 1.82) is 0 Å². The van der Waals surface area contributed by atoms with Gasteiger partial charge in [-0.15, -0.1) is 0 Å². The van der Waals surface area contributed by atoms with Crippen molar-refractivity contribution in [1.82, 2.24) is 9.36 Å². The lowest BCUT2D eigenvalue weighted by molar-refractivity contribution is 0.479. The van der Waals surface area contributed by atoms with Gasteiger partial charge in [-0.2, -0.15) is 4.37 Å². The van der Waals surface area contributed by atoms with Crippen LogP contribution in [0.25, 0.3) is 55.0 Å². The number of aromatic nitrogens is 2. The molecule has 1 aliphatic rings. The molecule has 0 amide bonds. The van der Waals surface area contributed by atoms with Crippen molar-refractivity contribution >= 4 is 39.4 Å². The van der Waals surface area contributed by atoms with Gasteiger partial charge in [0, 0.05) is 22.4 Å². The summed E-state index contributed by atoms with van der Waals surface area (Å²) >= 11 is 1.42. The average Bonchev–Trinajstić information content (AvgIpc) is 3.64. The van der Waals surface area contributed by atoms with Crippen molar-refractivity contribution < 1.29 is 4.74 Å². The van der Waals surface area contributed by atoms with Crippen molar-refractivity contribution in [2.45, 2.75) is 0 Å². The first kappa shape index (κ1) is 27.3. The summed E-state index contributed by atoms with van der Waals surface area (Å²) in [5.41, 5.74) is 9.67. The first-order valence-electron chi connectivity index (χ1n) is 15.6. The van der Waals surface area contributed by atoms with E-state index >= 15 is 0 Å². The number of hydrogen-bond donors (Lipinski definition) is 0. The summed E-state index contributed by atoms with van der Waals surface area (Å²) in [6.07, 6.45) is 0. The third-order valence-corrected chi connectivity index (χ3v) is 9.44. The lowest BCUT2D eigenvalue weighted by Crippen LogP contribution is -2.16. The molecule has 0 spiro atoms. The summed E-state index contributed by atoms with van der Waals surface area (Å²) < 4.78 is 11.3. The van der Waals surface area contributed by atoms with E-state index in [9.17, 15) is 0 Å². The molecule has 47 heavy (non-hydrogen) atoms. The minimum Gasteiger partial charge on any atom is -0.452 e. The molecule has 0 radical (unpaired) electrons. The van der Waals surface area contributed by atoms with Gasteiger partial charge in [-0.25, -0.2) is 4.98 Å². The number of benzene rings is 7. The van der Waals surface area contributed by atoms with Crippen LogP contribution in [0.3, 0.4) is 0 Å². The number of anilines is 3. The fourth-order valence-corrected chi connectivity index (χ4v) is 7.07. The first-order valence-corrected chi connectivity index (χ1v) is 16.4. The molecule has 1 aromatic heterocycles. The van der Waals surface area contributed by atoms with Gasteiger partial charge in [-0.1, -0.05) is 121 Å². The molecular formula is C42H27N3OS. The van der Waals surface area contributed by atoms with E-state index in [-0.39, 0.29) is 0 Å². The van der Waals surface area contributed by atoms with Crippen molar-refractivity contribution in [3.8, 4) is 55.7 Å². The Hall–Kier alpha value is -6.04. The zero-order valence-corrected chi connectivity index (χ0v) is 26.1. The van der Waals surface area contributed by atoms with Crippen molar-refractivity contribution in [3.05, 3.63) is 164 Å². The van der Waals surface area contributed by atoms with Crippen molar-refractivity contribution in [3.63, 3.8) is 0 Å². The summed E-state index contributed by atoms with van der Waals surface area (Å²) in [4.78, 5) is 7.21. The number of ether oxygens (including phenoxy) is 1. The van der Waals surface area contributed by atoms with Crippen LogP contribution < -0.4 is 9.64 Å². The van der Waals surface area contributed by atoms with Crippen LogP contribution in [0, 0.1) is 0 Å². The van der Waals surface area contributed by atoms with Crippen molar-refractivity contribution in [2.24, 2.45) is 0 Å². The Kier molecular flexibility index (Phi) is 6.61. The lowest BCUT2D eigenvalue weighted by Gasteiger charge is -2.34. The van der Waals surface area contributed by atoms with E-state index in [1.54, 1.807) is 0 Å². The molecule has 0 fully saturated rings. The predicted molar refractivity (Wildman–Crippen MR) is 194 cm³/mol. The van der Waals surface area contributed by atoms with Gasteiger partial charge < -0.3 is 9.64 Å². The molecule has 1 aliphatic heterocycles. The highest BCUT2D eigenvalue weighted by Gasteiger charge is 2.28. The minimum absolute atomic E-state index is 0.739. The quantitative estimate of drug-likeness (QED) is 0.192. The van der Waals surface area contributed by atoms with Crippen LogP contribution in [0.1, 0.15) is 0 Å². The van der Waals surface area contributed by atoms with Crippen LogP contribution in [0.5, 0.6) is 11.5 Å². The SMILES string of the molecule is c1ccc(-c2cccc3c2Oc2ccccc2N3c2ccc(-c3nc(-c4ccc(-c5cccc6ccccc56)cc4)ns3)cc2)cc1. The average molecular weight is 622 g/mol. The van der Waals surface area contributed by atoms with E-state index in [2.05, 4.69) is 144 Å². The highest BCUT2D eigenvalue weighted by atomic mass is 32.1. The number of fused-ring (bicyclic) bond motifs is 3. The van der Waals surface area contributed by atoms with Gasteiger partial charge in [-0.3, -0.25) is 0 Å². The molecule has 0 saturated carbocycles. The molecule has 0 bridgehead atoms. The zero-order chi connectivity index (χ0) is 31.2. The van der Waals surface area contributed by atoms with Gasteiger partial charge in [0.1, 0.15) is 5.01 Å². The number of nitrogens with zero attached hydrogens (tertiary/aromatic N) is 3. The Bertz CT molecular complexity index is 2380. The van der Waals surface area contributed by atoms with Gasteiger partial charge in [-0.05, 0) is 81.5 Å². The molecule has 2 heterocycles. The number of para-hydroxylation sites is 3. The summed E-state index contributed by atoms with van der Waals surface area (Å²) in [5.74, 6) is 2.41. The van der Waals surface area contributed by atoms with E-state index < -0.39 is 0 Å². The third-order valence-electron chi connectivity index (χ3n) is 8.68. The van der Waals surface area contributed by atoms with Gasteiger partial charge in [0.2, 0.25) is 0 Å². The van der Waals surface area contributed by atoms with E-state index in [4.69, 9.17) is 14.1 Å². The monoisotopic (exact) mass is 621 g/mol. The smallest absolute Gasteiger partial charge is 0.173 e. The van der Waals surface area contributed by atoms with Crippen LogP contribution in [-0.4, -0.2) is 9.36 Å². The number of rotatable bonds is 5. The van der Waals surface area contributed by atoms with E-state index in [1.165, 1.54) is 33.4 Å². The molecule has 0 N–H and O–H groups in total. The molecule has 0 unspecified atom stereocenters. The lowest BCUT2D eigenvalue weighted by atomic mass is 9.97. The van der Waals surface area contributed by atoms with Gasteiger partial charge in [0.05, 0.1) is 11.4 Å². The molecule has 8 aromatic rings. The highest BCUT2D eigenvalue weighted by Crippen LogP contribution is 2.53. The maximum absolute atomic E-state index is 6.55. The Balaban J connectivity index is 1.02. The van der Waals surface area contributed by atoms with Crippen LogP contribution >= 0.6 is 11.5 Å². The van der Waals surface area contributed by atoms with Gasteiger partial charge in [0.15, 0.2) is 17.3 Å². The second-order valence-corrected chi connectivity index (χ2v) is 12.3. The molecule has 4 nitrogen and oxygen atoms in total. The molecule has 9 rings (SSSR count). The predicted octanol–water partition coefficient (Wildman–Crippen LogP) is 11.9. The maximum atomic E-state index is 6.55. The minimum atomic E-state index is 0.739. The van der Waals surface area contributed by atoms with Crippen LogP contribution in [0.2, 0.25) is 0 Å². The van der Waals surface area contributed by atoms with Gasteiger partial charge >= 0.3 is 0 Å². The Morgan fingerprint density at radius 1 is 0.489 bits per heavy atom. The molecule has 0 atom stereocenters. The summed E-state index contributed by atoms with van der Waals surface area (Å²) in [6.45, 7) is 0. The molecule has 222 valence electrons. The molecule has 7 aromatic carbocycles. The Labute approximate surface area is 277 Å². The number of hydrogen-bond acceptors (Lipinski definition) is 5. The molecule has 0 aliphatic carbocycles. The van der Waals surface area contributed by atoms with Gasteiger partial charge in [0.25, 0.3) is 0 Å². The van der Waals surface area contributed by atoms with Crippen LogP contribution in [0.15, 0.2) is 164 Å². The third kappa shape index (κ3) is 4.85. The molecular weight excluding hydrogens is 595 g/mol. The first-order chi connectivity index (χ1) is 23.3. The summed E-state index contributed by atoms with van der Waals surface area (Å²) in [7, 11) is 0. The van der Waals surface area contributed by atoms with Crippen molar-refractivity contribution in [2.75, 3.05) is 4.90 Å². The van der Waals surface area contributed by atoms with E-state index in [0.717, 1.165) is 61.6 Å². The van der Waals surface area contributed by atoms with Crippen LogP contribution in [-0.2, 0) is 0 Å². The zero-order valence-electron chi connectivity index (χ0n) is 25.2. The van der Waals surface area contributed by atoms with E-state index in [1.807, 2.05) is 24.3 Å². The Morgan fingerprint density at radius 2 is 1.13 bits per heavy atom. The highest BCUT2D eigenvalue weighted by molar-refractivity contribution is 7.09. The van der Waals surface area contributed by atoms with Crippen LogP contribution in [0.4, 0.5) is 17.1 Å². The summed E-state index contributed by atoms with van der Waals surface area (Å²) in [5, 5.41) is 3.38. The molecule has 5 heteroatoms.